The number of fused-ring (bicyclic) bond motifs is 1. The molecule has 0 aliphatic carbocycles. The van der Waals surface area contributed by atoms with Crippen LogP contribution in [0.3, 0.4) is 0 Å². The molecule has 0 atom stereocenters. The molecular weight excluding hydrogens is 346 g/mol. The average Bonchev–Trinajstić information content (AvgIpc) is 2.92. The molecular formula is C20H19N3O2S. The third-order valence-electron chi connectivity index (χ3n) is 3.79. The molecule has 26 heavy (non-hydrogen) atoms. The Labute approximate surface area is 157 Å². The van der Waals surface area contributed by atoms with Crippen molar-refractivity contribution in [2.45, 2.75) is 6.92 Å². The van der Waals surface area contributed by atoms with Gasteiger partial charge in [0.2, 0.25) is 0 Å². The van der Waals surface area contributed by atoms with Crippen LogP contribution in [0.15, 0.2) is 72.2 Å². The summed E-state index contributed by atoms with van der Waals surface area (Å²) in [6.45, 7) is 6.06. The van der Waals surface area contributed by atoms with Crippen molar-refractivity contribution in [3.05, 3.63) is 78.4 Å². The maximum Gasteiger partial charge on any atom is 0.280 e. The summed E-state index contributed by atoms with van der Waals surface area (Å²) >= 11 is 1.47. The first-order chi connectivity index (χ1) is 12.7. The summed E-state index contributed by atoms with van der Waals surface area (Å²) in [7, 11) is 0. The second-order valence-electron chi connectivity index (χ2n) is 5.50. The Morgan fingerprint density at radius 3 is 2.19 bits per heavy atom. The van der Waals surface area contributed by atoms with E-state index in [1.54, 1.807) is 35.4 Å². The van der Waals surface area contributed by atoms with Crippen molar-refractivity contribution in [3.8, 4) is 0 Å². The van der Waals surface area contributed by atoms with Crippen molar-refractivity contribution in [1.82, 2.24) is 10.0 Å². The summed E-state index contributed by atoms with van der Waals surface area (Å²) in [5.41, 5.74) is 1.58. The lowest BCUT2D eigenvalue weighted by atomic mass is 10.1. The minimum atomic E-state index is -0.343. The van der Waals surface area contributed by atoms with Crippen molar-refractivity contribution in [2.24, 2.45) is 4.99 Å². The number of para-hydroxylation sites is 1. The molecule has 0 N–H and O–H groups in total. The van der Waals surface area contributed by atoms with Crippen LogP contribution in [0.4, 0.5) is 5.69 Å². The number of carbonyl (C=O) groups is 2. The molecule has 1 aliphatic rings. The molecule has 0 radical (unpaired) electrons. The third kappa shape index (κ3) is 3.41. The number of thioether (sulfide) groups is 1. The van der Waals surface area contributed by atoms with Crippen molar-refractivity contribution >= 4 is 34.4 Å². The van der Waals surface area contributed by atoms with Gasteiger partial charge in [-0.3, -0.25) is 9.59 Å². The second-order valence-corrected chi connectivity index (χ2v) is 6.73. The number of benzene rings is 2. The van der Waals surface area contributed by atoms with E-state index in [1.807, 2.05) is 37.3 Å². The largest absolute Gasteiger partial charge is 0.280 e. The summed E-state index contributed by atoms with van der Waals surface area (Å²) < 4.78 is 0. The molecule has 2 amide bonds. The first-order valence-corrected chi connectivity index (χ1v) is 9.28. The van der Waals surface area contributed by atoms with E-state index in [0.717, 1.165) is 16.4 Å². The van der Waals surface area contributed by atoms with E-state index in [0.29, 0.717) is 22.8 Å². The van der Waals surface area contributed by atoms with Gasteiger partial charge in [0.1, 0.15) is 0 Å². The lowest BCUT2D eigenvalue weighted by molar-refractivity contribution is 0.0333. The van der Waals surface area contributed by atoms with Gasteiger partial charge in [0.05, 0.1) is 23.4 Å². The zero-order valence-electron chi connectivity index (χ0n) is 14.5. The molecule has 1 heterocycles. The summed E-state index contributed by atoms with van der Waals surface area (Å²) in [6, 6.07) is 16.3. The van der Waals surface area contributed by atoms with Gasteiger partial charge in [-0.1, -0.05) is 55.1 Å². The molecule has 2 aromatic carbocycles. The average molecular weight is 365 g/mol. The predicted octanol–water partition coefficient (Wildman–Crippen LogP) is 4.13. The van der Waals surface area contributed by atoms with Crippen LogP contribution in [0.2, 0.25) is 0 Å². The molecule has 0 saturated carbocycles. The quantitative estimate of drug-likeness (QED) is 0.346. The molecule has 132 valence electrons. The first kappa shape index (κ1) is 17.9. The lowest BCUT2D eigenvalue weighted by Crippen LogP contribution is -2.48. The zero-order valence-corrected chi connectivity index (χ0v) is 15.3. The van der Waals surface area contributed by atoms with Gasteiger partial charge in [0.15, 0.2) is 5.17 Å². The van der Waals surface area contributed by atoms with Crippen molar-refractivity contribution in [3.63, 3.8) is 0 Å². The van der Waals surface area contributed by atoms with Gasteiger partial charge in [-0.25, -0.2) is 10.0 Å². The Bertz CT molecular complexity index is 829. The van der Waals surface area contributed by atoms with E-state index < -0.39 is 0 Å². The van der Waals surface area contributed by atoms with E-state index in [1.165, 1.54) is 11.8 Å². The monoisotopic (exact) mass is 365 g/mol. The second kappa shape index (κ2) is 8.01. The van der Waals surface area contributed by atoms with Gasteiger partial charge in [-0.15, -0.1) is 6.58 Å². The third-order valence-corrected chi connectivity index (χ3v) is 4.64. The molecule has 0 unspecified atom stereocenters. The van der Waals surface area contributed by atoms with E-state index >= 15 is 0 Å². The Hall–Kier alpha value is -2.86. The fraction of sp³-hybridized carbons (Fsp3) is 0.150. The topological polar surface area (TPSA) is 53.0 Å². The van der Waals surface area contributed by atoms with Crippen LogP contribution in [0.5, 0.6) is 0 Å². The number of aliphatic imine (C=N–C) groups is 1. The summed E-state index contributed by atoms with van der Waals surface area (Å²) in [4.78, 5) is 30.4. The van der Waals surface area contributed by atoms with Crippen LogP contribution in [0, 0.1) is 0 Å². The van der Waals surface area contributed by atoms with Crippen LogP contribution in [-0.2, 0) is 0 Å². The molecule has 1 aliphatic heterocycles. The highest BCUT2D eigenvalue weighted by atomic mass is 32.2. The number of amides is 2. The molecule has 3 rings (SSSR count). The van der Waals surface area contributed by atoms with Crippen molar-refractivity contribution < 1.29 is 9.59 Å². The highest BCUT2D eigenvalue weighted by Crippen LogP contribution is 2.27. The predicted molar refractivity (Wildman–Crippen MR) is 106 cm³/mol. The standard InChI is InChI=1S/C20H19N3O2S/c1-3-14-22(20(26-4-2)21-15-10-6-5-7-11-15)23-18(24)16-12-8-9-13-17(16)19(23)25/h3,5-13H,1,4,14H2,2H3. The van der Waals surface area contributed by atoms with Gasteiger partial charge in [-0.2, -0.15) is 5.01 Å². The molecule has 5 nitrogen and oxygen atoms in total. The maximum atomic E-state index is 12.8. The normalized spacial score (nSPS) is 13.7. The molecule has 0 saturated heterocycles. The van der Waals surface area contributed by atoms with E-state index in [9.17, 15) is 9.59 Å². The van der Waals surface area contributed by atoms with Crippen LogP contribution >= 0.6 is 11.8 Å². The van der Waals surface area contributed by atoms with Gasteiger partial charge in [-0.05, 0) is 30.0 Å². The number of hydrogen-bond donors (Lipinski definition) is 0. The number of hydrazine groups is 1. The number of nitrogens with zero attached hydrogens (tertiary/aromatic N) is 3. The van der Waals surface area contributed by atoms with Crippen molar-refractivity contribution in [2.75, 3.05) is 12.3 Å². The Balaban J connectivity index is 2.03. The Kier molecular flexibility index (Phi) is 5.53. The fourth-order valence-corrected chi connectivity index (χ4v) is 3.40. The molecule has 2 aromatic rings. The summed E-state index contributed by atoms with van der Waals surface area (Å²) in [5.74, 6) is 0.0671. The Morgan fingerprint density at radius 1 is 1.08 bits per heavy atom. The van der Waals surface area contributed by atoms with Gasteiger partial charge in [0, 0.05) is 0 Å². The molecule has 0 bridgehead atoms. The van der Waals surface area contributed by atoms with E-state index in [-0.39, 0.29) is 11.8 Å². The number of amidine groups is 1. The first-order valence-electron chi connectivity index (χ1n) is 8.30. The molecule has 0 aromatic heterocycles. The van der Waals surface area contributed by atoms with Crippen LogP contribution in [0.1, 0.15) is 27.6 Å². The van der Waals surface area contributed by atoms with Crippen LogP contribution in [0.25, 0.3) is 0 Å². The van der Waals surface area contributed by atoms with Gasteiger partial charge >= 0.3 is 0 Å². The number of carbonyl (C=O) groups excluding carboxylic acids is 2. The molecule has 0 fully saturated rings. The number of hydrogen-bond acceptors (Lipinski definition) is 4. The van der Waals surface area contributed by atoms with E-state index in [2.05, 4.69) is 11.6 Å². The minimum absolute atomic E-state index is 0.296. The van der Waals surface area contributed by atoms with Crippen molar-refractivity contribution in [1.29, 1.82) is 0 Å². The van der Waals surface area contributed by atoms with Crippen LogP contribution in [-0.4, -0.2) is 39.3 Å². The van der Waals surface area contributed by atoms with Gasteiger partial charge in [0.25, 0.3) is 11.8 Å². The number of imide groups is 1. The number of rotatable bonds is 5. The molecule has 6 heteroatoms. The van der Waals surface area contributed by atoms with Gasteiger partial charge < -0.3 is 0 Å². The minimum Gasteiger partial charge on any atom is -0.267 e. The fourth-order valence-electron chi connectivity index (χ4n) is 2.67. The van der Waals surface area contributed by atoms with Crippen LogP contribution < -0.4 is 0 Å². The Morgan fingerprint density at radius 2 is 1.65 bits per heavy atom. The lowest BCUT2D eigenvalue weighted by Gasteiger charge is -2.31. The van der Waals surface area contributed by atoms with E-state index in [4.69, 9.17) is 0 Å². The smallest absolute Gasteiger partial charge is 0.267 e. The summed E-state index contributed by atoms with van der Waals surface area (Å²) in [5, 5.41) is 3.34. The molecule has 0 spiro atoms. The SMILES string of the molecule is C=CCN(C(=Nc1ccccc1)SCC)N1C(=O)c2ccccc2C1=O. The summed E-state index contributed by atoms with van der Waals surface area (Å²) in [6.07, 6.45) is 1.65. The maximum absolute atomic E-state index is 12.8. The zero-order chi connectivity index (χ0) is 18.5. The highest BCUT2D eigenvalue weighted by molar-refractivity contribution is 8.13. The highest BCUT2D eigenvalue weighted by Gasteiger charge is 2.40.